The Labute approximate surface area is 176 Å². The maximum absolute atomic E-state index is 12.2. The van der Waals surface area contributed by atoms with Crippen molar-refractivity contribution in [1.29, 1.82) is 0 Å². The van der Waals surface area contributed by atoms with Crippen molar-refractivity contribution in [2.75, 3.05) is 31.0 Å². The van der Waals surface area contributed by atoms with Crippen LogP contribution in [0.4, 0.5) is 5.69 Å². The fraction of sp³-hybridized carbons (Fsp3) is 0.222. The van der Waals surface area contributed by atoms with Gasteiger partial charge in [0, 0.05) is 10.0 Å². The third kappa shape index (κ3) is 5.18. The summed E-state index contributed by atoms with van der Waals surface area (Å²) in [4.78, 5) is 12.2. The van der Waals surface area contributed by atoms with E-state index >= 15 is 0 Å². The highest BCUT2D eigenvalue weighted by Crippen LogP contribution is 2.36. The summed E-state index contributed by atoms with van der Waals surface area (Å²) in [6, 6.07) is 9.78. The fourth-order valence-electron chi connectivity index (χ4n) is 2.52. The number of rotatable bonds is 7. The lowest BCUT2D eigenvalue weighted by Gasteiger charge is -2.21. The molecule has 1 amide bonds. The second-order valence-electron chi connectivity index (χ2n) is 5.99. The topological polar surface area (TPSA) is 107 Å². The van der Waals surface area contributed by atoms with Crippen LogP contribution in [0.1, 0.15) is 5.56 Å². The van der Waals surface area contributed by atoms with E-state index in [0.29, 0.717) is 33.0 Å². The Hall–Kier alpha value is -2.79. The highest BCUT2D eigenvalue weighted by molar-refractivity contribution is 9.10. The first-order valence-electron chi connectivity index (χ1n) is 8.31. The van der Waals surface area contributed by atoms with E-state index < -0.39 is 22.5 Å². The number of hydrazone groups is 1. The summed E-state index contributed by atoms with van der Waals surface area (Å²) in [5, 5.41) is 3.89. The van der Waals surface area contributed by atoms with Gasteiger partial charge in [-0.05, 0) is 52.3 Å². The van der Waals surface area contributed by atoms with Crippen molar-refractivity contribution < 1.29 is 27.4 Å². The fourth-order valence-corrected chi connectivity index (χ4v) is 3.80. The zero-order valence-electron chi connectivity index (χ0n) is 15.6. The molecule has 0 aliphatic carbocycles. The van der Waals surface area contributed by atoms with Gasteiger partial charge in [-0.2, -0.15) is 5.10 Å². The first-order valence-corrected chi connectivity index (χ1v) is 10.9. The molecule has 1 heterocycles. The van der Waals surface area contributed by atoms with E-state index in [1.165, 1.54) is 13.3 Å². The molecule has 0 fully saturated rings. The SMILES string of the molecule is COc1ccc(N(CC(=O)N/N=C\c2cc3c(cc2Br)OCO3)S(C)(=O)=O)cc1. The zero-order valence-corrected chi connectivity index (χ0v) is 18.0. The molecule has 0 saturated heterocycles. The van der Waals surface area contributed by atoms with Crippen molar-refractivity contribution >= 4 is 43.8 Å². The Bertz CT molecular complexity index is 1040. The van der Waals surface area contributed by atoms with E-state index in [9.17, 15) is 13.2 Å². The van der Waals surface area contributed by atoms with E-state index in [1.807, 2.05) is 0 Å². The molecule has 2 aromatic rings. The lowest BCUT2D eigenvalue weighted by atomic mass is 10.2. The number of halogens is 1. The van der Waals surface area contributed by atoms with Gasteiger partial charge in [0.2, 0.25) is 16.8 Å². The molecule has 154 valence electrons. The normalized spacial score (nSPS) is 12.8. The molecule has 2 aromatic carbocycles. The van der Waals surface area contributed by atoms with E-state index in [4.69, 9.17) is 14.2 Å². The molecule has 0 radical (unpaired) electrons. The summed E-state index contributed by atoms with van der Waals surface area (Å²) in [5.41, 5.74) is 3.32. The van der Waals surface area contributed by atoms with Crippen molar-refractivity contribution in [3.63, 3.8) is 0 Å². The predicted octanol–water partition coefficient (Wildman–Crippen LogP) is 2.10. The molecule has 9 nitrogen and oxygen atoms in total. The molecule has 3 rings (SSSR count). The minimum absolute atomic E-state index is 0.145. The van der Waals surface area contributed by atoms with Crippen LogP contribution in [0.15, 0.2) is 46.0 Å². The lowest BCUT2D eigenvalue weighted by Crippen LogP contribution is -2.39. The van der Waals surface area contributed by atoms with Gasteiger partial charge < -0.3 is 14.2 Å². The van der Waals surface area contributed by atoms with Crippen molar-refractivity contribution in [1.82, 2.24) is 5.43 Å². The maximum Gasteiger partial charge on any atom is 0.260 e. The number of hydrogen-bond acceptors (Lipinski definition) is 7. The number of anilines is 1. The molecule has 11 heteroatoms. The molecule has 1 aliphatic rings. The highest BCUT2D eigenvalue weighted by Gasteiger charge is 2.21. The Balaban J connectivity index is 1.68. The van der Waals surface area contributed by atoms with Gasteiger partial charge in [0.15, 0.2) is 11.5 Å². The highest BCUT2D eigenvalue weighted by atomic mass is 79.9. The molecular weight excluding hydrogens is 466 g/mol. The van der Waals surface area contributed by atoms with Gasteiger partial charge in [-0.25, -0.2) is 13.8 Å². The molecule has 29 heavy (non-hydrogen) atoms. The molecule has 0 atom stereocenters. The Morgan fingerprint density at radius 2 is 1.93 bits per heavy atom. The van der Waals surface area contributed by atoms with E-state index in [-0.39, 0.29) is 6.79 Å². The van der Waals surface area contributed by atoms with E-state index in [1.54, 1.807) is 36.4 Å². The number of sulfonamides is 1. The standard InChI is InChI=1S/C18H18BrN3O6S/c1-26-14-5-3-13(4-6-14)22(29(2,24)25)10-18(23)21-20-9-12-7-16-17(8-15(12)19)28-11-27-16/h3-9H,10-11H2,1-2H3,(H,21,23)/b20-9-. The van der Waals surface area contributed by atoms with Crippen LogP contribution in [-0.2, 0) is 14.8 Å². The first-order chi connectivity index (χ1) is 13.8. The number of methoxy groups -OCH3 is 1. The minimum atomic E-state index is -3.68. The molecule has 0 bridgehead atoms. The average molecular weight is 484 g/mol. The van der Waals surface area contributed by atoms with Gasteiger partial charge in [0.1, 0.15) is 12.3 Å². The smallest absolute Gasteiger partial charge is 0.260 e. The van der Waals surface area contributed by atoms with Gasteiger partial charge in [0.25, 0.3) is 5.91 Å². The molecule has 0 spiro atoms. The minimum Gasteiger partial charge on any atom is -0.497 e. The largest absolute Gasteiger partial charge is 0.497 e. The van der Waals surface area contributed by atoms with Crippen LogP contribution in [-0.4, -0.2) is 47.2 Å². The second-order valence-corrected chi connectivity index (χ2v) is 8.75. The van der Waals surface area contributed by atoms with Crippen LogP contribution in [0.5, 0.6) is 17.2 Å². The Morgan fingerprint density at radius 1 is 1.28 bits per heavy atom. The van der Waals surface area contributed by atoms with Crippen molar-refractivity contribution in [3.05, 3.63) is 46.4 Å². The second kappa shape index (κ2) is 8.70. The molecule has 1 N–H and O–H groups in total. The summed E-state index contributed by atoms with van der Waals surface area (Å²) >= 11 is 3.39. The zero-order chi connectivity index (χ0) is 21.0. The Morgan fingerprint density at radius 3 is 2.55 bits per heavy atom. The number of nitrogens with zero attached hydrogens (tertiary/aromatic N) is 2. The average Bonchev–Trinajstić information content (AvgIpc) is 3.12. The lowest BCUT2D eigenvalue weighted by molar-refractivity contribution is -0.119. The van der Waals surface area contributed by atoms with Crippen molar-refractivity contribution in [2.24, 2.45) is 5.10 Å². The summed E-state index contributed by atoms with van der Waals surface area (Å²) in [7, 11) is -2.17. The van der Waals surface area contributed by atoms with Gasteiger partial charge >= 0.3 is 0 Å². The number of benzene rings is 2. The van der Waals surface area contributed by atoms with E-state index in [0.717, 1.165) is 10.6 Å². The quantitative estimate of drug-likeness (QED) is 0.477. The van der Waals surface area contributed by atoms with Crippen LogP contribution in [0, 0.1) is 0 Å². The number of nitrogens with one attached hydrogen (secondary N) is 1. The molecule has 1 aliphatic heterocycles. The molecular formula is C18H18BrN3O6S. The van der Waals surface area contributed by atoms with Crippen LogP contribution >= 0.6 is 15.9 Å². The summed E-state index contributed by atoms with van der Waals surface area (Å²) in [5.74, 6) is 1.16. The van der Waals surface area contributed by atoms with Crippen LogP contribution in [0.3, 0.4) is 0 Å². The number of amides is 1. The van der Waals surface area contributed by atoms with Crippen molar-refractivity contribution in [2.45, 2.75) is 0 Å². The number of carbonyl (C=O) groups is 1. The van der Waals surface area contributed by atoms with E-state index in [2.05, 4.69) is 26.5 Å². The van der Waals surface area contributed by atoms with Gasteiger partial charge in [0.05, 0.1) is 25.3 Å². The predicted molar refractivity (Wildman–Crippen MR) is 111 cm³/mol. The summed E-state index contributed by atoms with van der Waals surface area (Å²) in [6.45, 7) is -0.281. The monoisotopic (exact) mass is 483 g/mol. The van der Waals surface area contributed by atoms with Gasteiger partial charge in [-0.1, -0.05) is 0 Å². The third-order valence-electron chi connectivity index (χ3n) is 3.93. The molecule has 0 unspecified atom stereocenters. The maximum atomic E-state index is 12.2. The van der Waals surface area contributed by atoms with Gasteiger partial charge in [-0.15, -0.1) is 0 Å². The molecule has 0 saturated carbocycles. The van der Waals surface area contributed by atoms with Crippen LogP contribution in [0.2, 0.25) is 0 Å². The third-order valence-corrected chi connectivity index (χ3v) is 5.76. The number of hydrogen-bond donors (Lipinski definition) is 1. The number of fused-ring (bicyclic) bond motifs is 1. The number of ether oxygens (including phenoxy) is 3. The van der Waals surface area contributed by atoms with Gasteiger partial charge in [-0.3, -0.25) is 9.10 Å². The van der Waals surface area contributed by atoms with Crippen LogP contribution in [0.25, 0.3) is 0 Å². The number of carbonyl (C=O) groups excluding carboxylic acids is 1. The summed E-state index contributed by atoms with van der Waals surface area (Å²) < 4.78 is 41.5. The van der Waals surface area contributed by atoms with Crippen molar-refractivity contribution in [3.8, 4) is 17.2 Å². The first kappa shape index (κ1) is 20.9. The molecule has 0 aromatic heterocycles. The Kier molecular flexibility index (Phi) is 6.28. The summed E-state index contributed by atoms with van der Waals surface area (Å²) in [6.07, 6.45) is 2.44. The van der Waals surface area contributed by atoms with Crippen LogP contribution < -0.4 is 23.9 Å².